The van der Waals surface area contributed by atoms with Crippen molar-refractivity contribution in [3.05, 3.63) is 28.4 Å². The van der Waals surface area contributed by atoms with Gasteiger partial charge < -0.3 is 15.9 Å². The first-order valence-corrected chi connectivity index (χ1v) is 6.24. The summed E-state index contributed by atoms with van der Waals surface area (Å²) in [4.78, 5) is 4.30. The summed E-state index contributed by atoms with van der Waals surface area (Å²) in [6.45, 7) is 3.58. The van der Waals surface area contributed by atoms with Gasteiger partial charge in [-0.25, -0.2) is 9.37 Å². The molecule has 7 heteroatoms. The molecule has 1 aromatic carbocycles. The monoisotopic (exact) mass is 287 g/mol. The lowest BCUT2D eigenvalue weighted by Crippen LogP contribution is -1.98. The topological polar surface area (TPSA) is 78.1 Å². The van der Waals surface area contributed by atoms with E-state index in [-0.39, 0.29) is 21.3 Å². The number of rotatable bonds is 2. The van der Waals surface area contributed by atoms with Gasteiger partial charge in [0.15, 0.2) is 5.82 Å². The SMILES string of the molecule is Cc1nc(Sc2c(N)cc(N)c(Cl)c2F)oc1C. The van der Waals surface area contributed by atoms with Gasteiger partial charge in [0.05, 0.1) is 22.0 Å². The molecule has 0 aliphatic rings. The van der Waals surface area contributed by atoms with Crippen LogP contribution in [-0.4, -0.2) is 4.98 Å². The molecule has 2 rings (SSSR count). The molecule has 0 radical (unpaired) electrons. The van der Waals surface area contributed by atoms with Gasteiger partial charge in [-0.15, -0.1) is 0 Å². The quantitative estimate of drug-likeness (QED) is 0.828. The average Bonchev–Trinajstić information content (AvgIpc) is 2.61. The molecule has 4 N–H and O–H groups in total. The van der Waals surface area contributed by atoms with Crippen molar-refractivity contribution in [2.75, 3.05) is 11.5 Å². The number of aryl methyl sites for hydroxylation is 2. The third-order valence-corrected chi connectivity index (χ3v) is 3.77. The molecule has 0 saturated heterocycles. The van der Waals surface area contributed by atoms with Crippen LogP contribution < -0.4 is 11.5 Å². The summed E-state index contributed by atoms with van der Waals surface area (Å²) in [6.07, 6.45) is 0. The van der Waals surface area contributed by atoms with Crippen LogP contribution in [0.5, 0.6) is 0 Å². The predicted molar refractivity (Wildman–Crippen MR) is 70.3 cm³/mol. The van der Waals surface area contributed by atoms with Gasteiger partial charge in [0.25, 0.3) is 5.22 Å². The summed E-state index contributed by atoms with van der Waals surface area (Å²) >= 11 is 6.72. The van der Waals surface area contributed by atoms with Gasteiger partial charge in [-0.05, 0) is 31.7 Å². The first-order chi connectivity index (χ1) is 8.40. The van der Waals surface area contributed by atoms with Gasteiger partial charge in [0, 0.05) is 0 Å². The number of nitrogen functional groups attached to an aromatic ring is 2. The molecular weight excluding hydrogens is 277 g/mol. The first-order valence-electron chi connectivity index (χ1n) is 5.05. The predicted octanol–water partition coefficient (Wildman–Crippen LogP) is 3.40. The number of nitrogens with zero attached hydrogens (tertiary/aromatic N) is 1. The molecule has 0 spiro atoms. The molecule has 18 heavy (non-hydrogen) atoms. The molecule has 96 valence electrons. The number of hydrogen-bond donors (Lipinski definition) is 2. The zero-order chi connectivity index (χ0) is 13.4. The van der Waals surface area contributed by atoms with Crippen molar-refractivity contribution in [3.63, 3.8) is 0 Å². The molecule has 0 fully saturated rings. The van der Waals surface area contributed by atoms with Crippen LogP contribution in [0.2, 0.25) is 5.02 Å². The number of aromatic nitrogens is 1. The maximum atomic E-state index is 13.9. The minimum atomic E-state index is -0.660. The normalized spacial score (nSPS) is 10.9. The highest BCUT2D eigenvalue weighted by atomic mass is 35.5. The van der Waals surface area contributed by atoms with E-state index in [1.807, 2.05) is 0 Å². The molecule has 4 nitrogen and oxygen atoms in total. The summed E-state index contributed by atoms with van der Waals surface area (Å²) in [6, 6.07) is 1.41. The Morgan fingerprint density at radius 3 is 2.56 bits per heavy atom. The van der Waals surface area contributed by atoms with E-state index >= 15 is 0 Å². The second-order valence-electron chi connectivity index (χ2n) is 3.74. The standard InChI is InChI=1S/C11H11ClFN3OS/c1-4-5(2)17-11(16-4)18-10-7(15)3-6(14)8(12)9(10)13/h3H,14-15H2,1-2H3. The summed E-state index contributed by atoms with van der Waals surface area (Å²) < 4.78 is 19.3. The van der Waals surface area contributed by atoms with Crippen molar-refractivity contribution in [2.24, 2.45) is 0 Å². The number of anilines is 2. The van der Waals surface area contributed by atoms with Crippen LogP contribution >= 0.6 is 23.4 Å². The fourth-order valence-corrected chi connectivity index (χ4v) is 2.42. The highest BCUT2D eigenvalue weighted by Crippen LogP contribution is 2.39. The third-order valence-electron chi connectivity index (χ3n) is 2.42. The third kappa shape index (κ3) is 2.26. The van der Waals surface area contributed by atoms with Crippen LogP contribution in [0.25, 0.3) is 0 Å². The van der Waals surface area contributed by atoms with Crippen LogP contribution in [0, 0.1) is 19.7 Å². The van der Waals surface area contributed by atoms with E-state index in [9.17, 15) is 4.39 Å². The van der Waals surface area contributed by atoms with Gasteiger partial charge >= 0.3 is 0 Å². The highest BCUT2D eigenvalue weighted by Gasteiger charge is 2.18. The van der Waals surface area contributed by atoms with E-state index in [2.05, 4.69) is 4.98 Å². The van der Waals surface area contributed by atoms with Gasteiger partial charge in [0.2, 0.25) is 0 Å². The Morgan fingerprint density at radius 2 is 2.00 bits per heavy atom. The van der Waals surface area contributed by atoms with Gasteiger partial charge in [-0.2, -0.15) is 0 Å². The molecule has 0 atom stereocenters. The van der Waals surface area contributed by atoms with E-state index in [1.165, 1.54) is 6.07 Å². The molecular formula is C11H11ClFN3OS. The Morgan fingerprint density at radius 1 is 1.33 bits per heavy atom. The van der Waals surface area contributed by atoms with Crippen LogP contribution in [-0.2, 0) is 0 Å². The van der Waals surface area contributed by atoms with Gasteiger partial charge in [-0.3, -0.25) is 0 Å². The number of oxazole rings is 1. The molecule has 0 aliphatic heterocycles. The maximum absolute atomic E-state index is 13.9. The lowest BCUT2D eigenvalue weighted by atomic mass is 10.3. The fraction of sp³-hybridized carbons (Fsp3) is 0.182. The highest BCUT2D eigenvalue weighted by molar-refractivity contribution is 7.99. The van der Waals surface area contributed by atoms with Crippen LogP contribution in [0.3, 0.4) is 0 Å². The number of benzene rings is 1. The van der Waals surface area contributed by atoms with Crippen molar-refractivity contribution >= 4 is 34.7 Å². The molecule has 0 amide bonds. The Bertz CT molecular complexity index is 595. The lowest BCUT2D eigenvalue weighted by molar-refractivity contribution is 0.430. The largest absolute Gasteiger partial charge is 0.436 e. The Labute approximate surface area is 113 Å². The van der Waals surface area contributed by atoms with Crippen LogP contribution in [0.15, 0.2) is 20.6 Å². The molecule has 0 bridgehead atoms. The van der Waals surface area contributed by atoms with Crippen molar-refractivity contribution in [1.82, 2.24) is 4.98 Å². The van der Waals surface area contributed by atoms with Crippen molar-refractivity contribution in [1.29, 1.82) is 0 Å². The minimum absolute atomic E-state index is 0.107. The van der Waals surface area contributed by atoms with E-state index < -0.39 is 5.82 Å². The molecule has 1 heterocycles. The molecule has 0 aliphatic carbocycles. The van der Waals surface area contributed by atoms with E-state index in [0.717, 1.165) is 17.5 Å². The Balaban J connectivity index is 2.43. The minimum Gasteiger partial charge on any atom is -0.436 e. The van der Waals surface area contributed by atoms with E-state index in [1.54, 1.807) is 13.8 Å². The molecule has 2 aromatic rings. The second kappa shape index (κ2) is 4.70. The average molecular weight is 288 g/mol. The Hall–Kier alpha value is -1.40. The number of nitrogens with two attached hydrogens (primary N) is 2. The summed E-state index contributed by atoms with van der Waals surface area (Å²) in [5, 5.41) is 0.170. The zero-order valence-corrected chi connectivity index (χ0v) is 11.3. The fourth-order valence-electron chi connectivity index (χ4n) is 1.33. The Kier molecular flexibility index (Phi) is 3.41. The lowest BCUT2D eigenvalue weighted by Gasteiger charge is -2.08. The zero-order valence-electron chi connectivity index (χ0n) is 9.75. The smallest absolute Gasteiger partial charge is 0.261 e. The molecule has 1 aromatic heterocycles. The second-order valence-corrected chi connectivity index (χ2v) is 5.08. The molecule has 0 saturated carbocycles. The first kappa shape index (κ1) is 13.0. The number of hydrogen-bond acceptors (Lipinski definition) is 5. The van der Waals surface area contributed by atoms with Gasteiger partial charge in [0.1, 0.15) is 10.8 Å². The maximum Gasteiger partial charge on any atom is 0.261 e. The van der Waals surface area contributed by atoms with E-state index in [4.69, 9.17) is 27.5 Å². The van der Waals surface area contributed by atoms with Crippen LogP contribution in [0.1, 0.15) is 11.5 Å². The summed E-state index contributed by atoms with van der Waals surface area (Å²) in [5.41, 5.74) is 12.3. The van der Waals surface area contributed by atoms with Crippen molar-refractivity contribution in [2.45, 2.75) is 24.0 Å². The van der Waals surface area contributed by atoms with Crippen molar-refractivity contribution < 1.29 is 8.81 Å². The number of halogens is 2. The summed E-state index contributed by atoms with van der Waals surface area (Å²) in [5.74, 6) is 0.0192. The van der Waals surface area contributed by atoms with Crippen molar-refractivity contribution in [3.8, 4) is 0 Å². The van der Waals surface area contributed by atoms with Gasteiger partial charge in [-0.1, -0.05) is 11.6 Å². The van der Waals surface area contributed by atoms with E-state index in [0.29, 0.717) is 11.0 Å². The summed E-state index contributed by atoms with van der Waals surface area (Å²) in [7, 11) is 0. The van der Waals surface area contributed by atoms with Crippen LogP contribution in [0.4, 0.5) is 15.8 Å². The molecule has 0 unspecified atom stereocenters.